The van der Waals surface area contributed by atoms with E-state index in [2.05, 4.69) is 20.9 Å². The van der Waals surface area contributed by atoms with Crippen LogP contribution in [0, 0.1) is 5.92 Å². The van der Waals surface area contributed by atoms with Gasteiger partial charge in [0.05, 0.1) is 42.7 Å². The van der Waals surface area contributed by atoms with E-state index >= 15 is 0 Å². The molecule has 0 saturated heterocycles. The highest BCUT2D eigenvalue weighted by Gasteiger charge is 2.34. The molecule has 1 aromatic heterocycles. The van der Waals surface area contributed by atoms with Crippen molar-refractivity contribution in [1.82, 2.24) is 4.57 Å². The Kier molecular flexibility index (Phi) is 9.13. The molecule has 3 aromatic rings. The average molecular weight is 652 g/mol. The number of hydrogen-bond donors (Lipinski definition) is 0. The van der Waals surface area contributed by atoms with Gasteiger partial charge in [-0.05, 0) is 49.6 Å². The number of aromatic nitrogens is 1. The van der Waals surface area contributed by atoms with Crippen LogP contribution in [-0.4, -0.2) is 31.4 Å². The van der Waals surface area contributed by atoms with E-state index in [0.29, 0.717) is 50.7 Å². The molecule has 0 radical (unpaired) electrons. The highest BCUT2D eigenvalue weighted by atomic mass is 79.9. The molecule has 2 atom stereocenters. The van der Waals surface area contributed by atoms with Crippen LogP contribution in [0.2, 0.25) is 0 Å². The van der Waals surface area contributed by atoms with E-state index in [4.69, 9.17) is 18.9 Å². The van der Waals surface area contributed by atoms with Gasteiger partial charge in [0, 0.05) is 10.4 Å². The van der Waals surface area contributed by atoms with Crippen LogP contribution >= 0.6 is 27.3 Å². The van der Waals surface area contributed by atoms with E-state index in [0.717, 1.165) is 15.8 Å². The number of hydrogen-bond acceptors (Lipinski definition) is 8. The zero-order valence-corrected chi connectivity index (χ0v) is 26.2. The van der Waals surface area contributed by atoms with Gasteiger partial charge in [0.1, 0.15) is 12.4 Å². The Hall–Kier alpha value is -3.89. The van der Waals surface area contributed by atoms with Crippen molar-refractivity contribution in [2.75, 3.05) is 20.8 Å². The lowest BCUT2D eigenvalue weighted by Gasteiger charge is -2.25. The standard InChI is InChI=1S/C32H31BrN2O6S/c1-5-40-31(37)28-19(2)34-32-35(29(28)22-12-14-25(38-3)26(17-22)39-4)30(36)27(42-32)16-21-11-13-24(23(33)15-21)41-18-20-9-7-6-8-10-20/h6-14,16-17,21,29H,5,15,18H2,1-4H3/b27-16-/t21-,29-/m0/s1. The average Bonchev–Trinajstić information content (AvgIpc) is 3.29. The minimum absolute atomic E-state index is 0.0324. The molecule has 2 heterocycles. The first-order valence-corrected chi connectivity index (χ1v) is 15.1. The number of halogens is 1. The van der Waals surface area contributed by atoms with Crippen LogP contribution in [0.25, 0.3) is 6.08 Å². The fraction of sp³-hybridized carbons (Fsp3) is 0.281. The molecule has 0 saturated carbocycles. The number of carbonyl (C=O) groups is 1. The first-order chi connectivity index (χ1) is 20.3. The molecule has 2 aliphatic rings. The maximum absolute atomic E-state index is 14.0. The second-order valence-electron chi connectivity index (χ2n) is 9.71. The number of rotatable bonds is 9. The molecular weight excluding hydrogens is 620 g/mol. The van der Waals surface area contributed by atoms with Gasteiger partial charge in [-0.25, -0.2) is 9.79 Å². The number of thiazole rings is 1. The number of carbonyl (C=O) groups excluding carboxylic acids is 1. The highest BCUT2D eigenvalue weighted by Crippen LogP contribution is 2.36. The summed E-state index contributed by atoms with van der Waals surface area (Å²) >= 11 is 4.98. The SMILES string of the molecule is CCOC(=O)C1=C(C)N=c2s/c(=C\[C@H]3C=CC(OCc4ccccc4)=C(Br)C3)c(=O)n2[C@H]1c1ccc(OC)c(OC)c1. The van der Waals surface area contributed by atoms with Gasteiger partial charge < -0.3 is 18.9 Å². The van der Waals surface area contributed by atoms with Crippen molar-refractivity contribution in [2.45, 2.75) is 32.9 Å². The lowest BCUT2D eigenvalue weighted by molar-refractivity contribution is -0.139. The predicted octanol–water partition coefficient (Wildman–Crippen LogP) is 5.17. The van der Waals surface area contributed by atoms with E-state index in [9.17, 15) is 9.59 Å². The van der Waals surface area contributed by atoms with Crippen LogP contribution in [0.5, 0.6) is 11.5 Å². The first kappa shape index (κ1) is 29.6. The van der Waals surface area contributed by atoms with Gasteiger partial charge in [-0.2, -0.15) is 0 Å². The van der Waals surface area contributed by atoms with Crippen molar-refractivity contribution < 1.29 is 23.7 Å². The highest BCUT2D eigenvalue weighted by molar-refractivity contribution is 9.11. The summed E-state index contributed by atoms with van der Waals surface area (Å²) in [5, 5.41) is 0. The Morgan fingerprint density at radius 3 is 2.60 bits per heavy atom. The molecule has 1 aliphatic heterocycles. The van der Waals surface area contributed by atoms with Crippen molar-refractivity contribution >= 4 is 39.3 Å². The molecular formula is C32H31BrN2O6S. The van der Waals surface area contributed by atoms with Crippen LogP contribution < -0.4 is 24.4 Å². The van der Waals surface area contributed by atoms with Gasteiger partial charge in [-0.1, -0.05) is 75.8 Å². The summed E-state index contributed by atoms with van der Waals surface area (Å²) in [5.41, 5.74) is 2.35. The normalized spacial score (nSPS) is 18.5. The Morgan fingerprint density at radius 1 is 1.14 bits per heavy atom. The summed E-state index contributed by atoms with van der Waals surface area (Å²) in [4.78, 5) is 32.3. The molecule has 0 bridgehead atoms. The van der Waals surface area contributed by atoms with Crippen LogP contribution in [-0.2, 0) is 20.9 Å². The van der Waals surface area contributed by atoms with E-state index in [-0.39, 0.29) is 18.1 Å². The quantitative estimate of drug-likeness (QED) is 0.297. The molecule has 5 rings (SSSR count). The second-order valence-corrected chi connectivity index (χ2v) is 11.7. The topological polar surface area (TPSA) is 88.4 Å². The predicted molar refractivity (Wildman–Crippen MR) is 165 cm³/mol. The van der Waals surface area contributed by atoms with Crippen molar-refractivity contribution in [3.8, 4) is 11.5 Å². The number of allylic oxidation sites excluding steroid dienone is 4. The summed E-state index contributed by atoms with van der Waals surface area (Å²) in [6.07, 6.45) is 6.56. The number of nitrogens with zero attached hydrogens (tertiary/aromatic N) is 2. The van der Waals surface area contributed by atoms with Gasteiger partial charge in [-0.15, -0.1) is 0 Å². The van der Waals surface area contributed by atoms with Crippen molar-refractivity contribution in [1.29, 1.82) is 0 Å². The van der Waals surface area contributed by atoms with Crippen LogP contribution in [0.1, 0.15) is 37.4 Å². The van der Waals surface area contributed by atoms with Crippen LogP contribution in [0.4, 0.5) is 0 Å². The van der Waals surface area contributed by atoms with Crippen molar-refractivity contribution in [3.05, 3.63) is 113 Å². The van der Waals surface area contributed by atoms with E-state index < -0.39 is 12.0 Å². The minimum atomic E-state index is -0.742. The lowest BCUT2D eigenvalue weighted by atomic mass is 9.95. The largest absolute Gasteiger partial charge is 0.493 e. The van der Waals surface area contributed by atoms with Gasteiger partial charge in [0.15, 0.2) is 16.3 Å². The van der Waals surface area contributed by atoms with E-state index in [1.54, 1.807) is 44.8 Å². The zero-order chi connectivity index (χ0) is 29.8. The fourth-order valence-corrected chi connectivity index (χ4v) is 6.71. The third-order valence-corrected chi connectivity index (χ3v) is 8.74. The molecule has 8 nitrogen and oxygen atoms in total. The van der Waals surface area contributed by atoms with Crippen LogP contribution in [0.3, 0.4) is 0 Å². The monoisotopic (exact) mass is 650 g/mol. The second kappa shape index (κ2) is 13.0. The molecule has 0 unspecified atom stereocenters. The molecule has 0 amide bonds. The maximum Gasteiger partial charge on any atom is 0.338 e. The third kappa shape index (κ3) is 6.00. The molecule has 0 spiro atoms. The number of ether oxygens (including phenoxy) is 4. The number of benzene rings is 2. The molecule has 1 aliphatic carbocycles. The summed E-state index contributed by atoms with van der Waals surface area (Å²) in [6, 6.07) is 14.6. The minimum Gasteiger partial charge on any atom is -0.493 e. The maximum atomic E-state index is 14.0. The van der Waals surface area contributed by atoms with E-state index in [1.807, 2.05) is 54.6 Å². The van der Waals surface area contributed by atoms with Gasteiger partial charge in [0.2, 0.25) is 0 Å². The lowest BCUT2D eigenvalue weighted by Crippen LogP contribution is -2.40. The van der Waals surface area contributed by atoms with Crippen molar-refractivity contribution in [3.63, 3.8) is 0 Å². The summed E-state index contributed by atoms with van der Waals surface area (Å²) in [5.74, 6) is 1.26. The fourth-order valence-electron chi connectivity index (χ4n) is 4.99. The molecule has 42 heavy (non-hydrogen) atoms. The zero-order valence-electron chi connectivity index (χ0n) is 23.8. The molecule has 10 heteroatoms. The molecule has 218 valence electrons. The van der Waals surface area contributed by atoms with Crippen LogP contribution in [0.15, 0.2) is 92.0 Å². The van der Waals surface area contributed by atoms with Gasteiger partial charge >= 0.3 is 5.97 Å². The Labute approximate surface area is 256 Å². The molecule has 2 aromatic carbocycles. The third-order valence-electron chi connectivity index (χ3n) is 7.02. The Balaban J connectivity index is 1.51. The Bertz CT molecular complexity index is 1770. The smallest absolute Gasteiger partial charge is 0.338 e. The number of methoxy groups -OCH3 is 2. The Morgan fingerprint density at radius 2 is 1.90 bits per heavy atom. The van der Waals surface area contributed by atoms with E-state index in [1.165, 1.54) is 11.3 Å². The molecule has 0 N–H and O–H groups in total. The number of esters is 1. The number of fused-ring (bicyclic) bond motifs is 1. The summed E-state index contributed by atoms with van der Waals surface area (Å²) in [7, 11) is 3.10. The summed E-state index contributed by atoms with van der Waals surface area (Å²) in [6.45, 7) is 4.18. The van der Waals surface area contributed by atoms with Gasteiger partial charge in [0.25, 0.3) is 5.56 Å². The summed E-state index contributed by atoms with van der Waals surface area (Å²) < 4.78 is 25.4. The molecule has 0 fully saturated rings. The van der Waals surface area contributed by atoms with Crippen molar-refractivity contribution in [2.24, 2.45) is 10.9 Å². The van der Waals surface area contributed by atoms with Gasteiger partial charge in [-0.3, -0.25) is 9.36 Å². The first-order valence-electron chi connectivity index (χ1n) is 13.5.